The third-order valence-corrected chi connectivity index (χ3v) is 13.2. The van der Waals surface area contributed by atoms with Gasteiger partial charge in [0.05, 0.1) is 7.11 Å². The molecule has 26 heteroatoms. The van der Waals surface area contributed by atoms with Crippen molar-refractivity contribution in [3.05, 3.63) is 263 Å². The Kier molecular flexibility index (Phi) is 26.8. The minimum Gasteiger partial charge on any atom is -0.497 e. The molecule has 0 amide bonds. The van der Waals surface area contributed by atoms with Gasteiger partial charge in [0.25, 0.3) is 0 Å². The van der Waals surface area contributed by atoms with E-state index in [0.29, 0.717) is 51.1 Å². The molecule has 0 saturated carbocycles. The van der Waals surface area contributed by atoms with Gasteiger partial charge in [0.2, 0.25) is 0 Å². The van der Waals surface area contributed by atoms with Gasteiger partial charge in [-0.25, -0.2) is 26.3 Å². The highest BCUT2D eigenvalue weighted by Gasteiger charge is 2.20. The Labute approximate surface area is 527 Å². The van der Waals surface area contributed by atoms with E-state index in [9.17, 15) is 31.4 Å². The van der Waals surface area contributed by atoms with Crippen LogP contribution in [0.3, 0.4) is 0 Å². The normalized spacial score (nSPS) is 10.3. The smallest absolute Gasteiger partial charge is 0.491 e. The number of rotatable bonds is 15. The van der Waals surface area contributed by atoms with Gasteiger partial charge in [-0.05, 0) is 145 Å². The van der Waals surface area contributed by atoms with Crippen molar-refractivity contribution >= 4 is 74.3 Å². The van der Waals surface area contributed by atoms with Gasteiger partial charge < -0.3 is 68.9 Å². The van der Waals surface area contributed by atoms with E-state index in [1.165, 1.54) is 98.1 Å². The molecule has 14 nitrogen and oxygen atoms in total. The molecule has 0 radical (unpaired) electrons. The Balaban J connectivity index is 0.000000181. The van der Waals surface area contributed by atoms with Crippen LogP contribution in [0.4, 0.5) is 26.3 Å². The predicted octanol–water partition coefficient (Wildman–Crippen LogP) is 9.23. The van der Waals surface area contributed by atoms with E-state index >= 15 is 0 Å². The molecule has 0 aliphatic rings. The summed E-state index contributed by atoms with van der Waals surface area (Å²) in [6.07, 6.45) is 0. The average Bonchev–Trinajstić information content (AvgIpc) is 2.92. The fourth-order valence-electron chi connectivity index (χ4n) is 8.24. The van der Waals surface area contributed by atoms with Crippen molar-refractivity contribution in [3.63, 3.8) is 0 Å². The van der Waals surface area contributed by atoms with Crippen LogP contribution in [0, 0.1) is 55.7 Å². The summed E-state index contributed by atoms with van der Waals surface area (Å²) in [4.78, 5) is 0. The molecule has 10 rings (SSSR count). The van der Waals surface area contributed by atoms with Gasteiger partial charge in [0.15, 0.2) is 0 Å². The zero-order chi connectivity index (χ0) is 66.5. The van der Waals surface area contributed by atoms with Crippen molar-refractivity contribution in [2.75, 3.05) is 7.11 Å². The molecule has 0 atom stereocenters. The van der Waals surface area contributed by atoms with Crippen LogP contribution in [0.5, 0.6) is 51.7 Å². The van der Waals surface area contributed by atoms with Crippen molar-refractivity contribution in [2.45, 2.75) is 27.6 Å². The van der Waals surface area contributed by atoms with E-state index in [-0.39, 0.29) is 50.3 Å². The Hall–Kier alpha value is -8.97. The lowest BCUT2D eigenvalue weighted by atomic mass is 9.62. The SMILES string of the molecule is CB(O)c1ccc(-c2cccc(F)c2)cc1C.COc1cccc(Oc2ccc(B(O)O)c(F)c2)c1.Cc1cc(Oc2cccc(F)c2)ccc1B(O)O.Cc1ccc(Oc2ccc(B(O)O)c(F)c2)cc1F.OB(O)c1ccc(Oc2cccc(F)c2)cc1Cl. The first-order valence-corrected chi connectivity index (χ1v) is 27.8. The average molecular weight is 1270 g/mol. The summed E-state index contributed by atoms with van der Waals surface area (Å²) in [5.74, 6) is 0.423. The van der Waals surface area contributed by atoms with Gasteiger partial charge >= 0.3 is 35.4 Å². The first kappa shape index (κ1) is 71.1. The van der Waals surface area contributed by atoms with Crippen molar-refractivity contribution < 1.29 is 95.2 Å². The number of halogens is 7. The first-order valence-electron chi connectivity index (χ1n) is 27.4. The molecular weight excluding hydrogens is 1210 g/mol. The van der Waals surface area contributed by atoms with Gasteiger partial charge in [-0.2, -0.15) is 0 Å². The molecule has 0 aliphatic heterocycles. The maximum atomic E-state index is 13.5. The summed E-state index contributed by atoms with van der Waals surface area (Å²) < 4.78 is 106. The molecule has 0 heterocycles. The summed E-state index contributed by atoms with van der Waals surface area (Å²) in [6.45, 7) is 6.58. The van der Waals surface area contributed by atoms with E-state index in [4.69, 9.17) is 75.5 Å². The molecule has 0 saturated heterocycles. The molecule has 0 aliphatic carbocycles. The third-order valence-electron chi connectivity index (χ3n) is 12.9. The molecule has 0 aromatic heterocycles. The van der Waals surface area contributed by atoms with E-state index in [0.717, 1.165) is 34.3 Å². The van der Waals surface area contributed by atoms with Crippen LogP contribution < -0.4 is 51.0 Å². The molecular formula is C65H58B5ClF6O14. The second-order valence-corrected chi connectivity index (χ2v) is 20.1. The minimum absolute atomic E-state index is 0.144. The lowest BCUT2D eigenvalue weighted by Crippen LogP contribution is -2.32. The van der Waals surface area contributed by atoms with Gasteiger partial charge in [0.1, 0.15) is 86.6 Å². The van der Waals surface area contributed by atoms with Crippen molar-refractivity contribution in [3.8, 4) is 62.9 Å². The fraction of sp³-hybridized carbons (Fsp3) is 0.0769. The maximum Gasteiger partial charge on any atom is 0.491 e. The molecule has 10 aromatic carbocycles. The zero-order valence-electron chi connectivity index (χ0n) is 49.2. The second kappa shape index (κ2) is 34.3. The summed E-state index contributed by atoms with van der Waals surface area (Å²) >= 11 is 5.85. The van der Waals surface area contributed by atoms with Crippen LogP contribution >= 0.6 is 11.6 Å². The topological polar surface area (TPSA) is 228 Å². The minimum atomic E-state index is -1.88. The van der Waals surface area contributed by atoms with E-state index in [1.54, 1.807) is 99.5 Å². The lowest BCUT2D eigenvalue weighted by molar-refractivity contribution is 0.408. The predicted molar refractivity (Wildman–Crippen MR) is 342 cm³/mol. The molecule has 0 spiro atoms. The highest BCUT2D eigenvalue weighted by atomic mass is 35.5. The highest BCUT2D eigenvalue weighted by molar-refractivity contribution is 6.65. The maximum absolute atomic E-state index is 13.5. The summed E-state index contributed by atoms with van der Waals surface area (Å²) in [5.41, 5.74) is 5.07. The van der Waals surface area contributed by atoms with Crippen LogP contribution in [0.25, 0.3) is 11.1 Å². The molecule has 0 bridgehead atoms. The van der Waals surface area contributed by atoms with Gasteiger partial charge in [0, 0.05) is 57.8 Å². The van der Waals surface area contributed by atoms with Crippen LogP contribution in [0.1, 0.15) is 16.7 Å². The first-order chi connectivity index (χ1) is 43.3. The molecule has 10 aromatic rings. The summed E-state index contributed by atoms with van der Waals surface area (Å²) in [6, 6.07) is 51.6. The van der Waals surface area contributed by atoms with Crippen LogP contribution in [-0.4, -0.2) is 87.7 Å². The van der Waals surface area contributed by atoms with E-state index in [2.05, 4.69) is 0 Å². The molecule has 0 fully saturated rings. The Morgan fingerprint density at radius 3 is 1.07 bits per heavy atom. The Morgan fingerprint density at radius 2 is 0.659 bits per heavy atom. The van der Waals surface area contributed by atoms with Crippen LogP contribution in [0.15, 0.2) is 206 Å². The monoisotopic (exact) mass is 1270 g/mol. The van der Waals surface area contributed by atoms with Crippen LogP contribution in [0.2, 0.25) is 11.8 Å². The van der Waals surface area contributed by atoms with E-state index < -0.39 is 58.7 Å². The lowest BCUT2D eigenvalue weighted by Gasteiger charge is -2.09. The molecule has 0 unspecified atom stereocenters. The Morgan fingerprint density at radius 1 is 0.308 bits per heavy atom. The number of hydrogen-bond acceptors (Lipinski definition) is 14. The molecule has 91 heavy (non-hydrogen) atoms. The second-order valence-electron chi connectivity index (χ2n) is 19.7. The standard InChI is InChI=1S/C14H14BFO.C13H11BF2O3.C13H12BFO4.C13H12BFO3.C12H9BClFO3/c1-10-8-12(6-7-14(10)15(2)17)11-4-3-5-13(16)9-11;1-8-2-3-9(6-12(8)15)19-10-4-5-11(14(17)18)13(16)7-10;1-18-9-3-2-4-10(7-9)19-11-5-6-12(14(16)17)13(15)8-11;1-9-7-12(5-6-13(9)14(16)17)18-11-4-2-3-10(15)8-11;14-12-7-10(4-5-11(12)13(16)17)18-9-3-1-2-8(15)6-9/h3-9,17H,1-2H3;2-7,17-18H,1H3;2-8,16-17H,1H3;2-8,16-17H,1H3;1-7,16-17H. The number of aryl methyl sites for hydroxylation is 3. The zero-order valence-corrected chi connectivity index (χ0v) is 50.0. The Bertz CT molecular complexity index is 3920. The largest absolute Gasteiger partial charge is 0.497 e. The summed E-state index contributed by atoms with van der Waals surface area (Å²) in [5, 5.41) is 81.5. The third kappa shape index (κ3) is 22.2. The van der Waals surface area contributed by atoms with Gasteiger partial charge in [-0.1, -0.05) is 103 Å². The number of benzene rings is 10. The quantitative estimate of drug-likeness (QED) is 0.0345. The summed E-state index contributed by atoms with van der Waals surface area (Å²) in [7, 11) is -5.33. The van der Waals surface area contributed by atoms with Crippen LogP contribution in [-0.2, 0) is 0 Å². The van der Waals surface area contributed by atoms with Gasteiger partial charge in [-0.15, -0.1) is 0 Å². The molecule has 9 N–H and O–H groups in total. The van der Waals surface area contributed by atoms with Crippen molar-refractivity contribution in [2.24, 2.45) is 0 Å². The van der Waals surface area contributed by atoms with Crippen molar-refractivity contribution in [1.29, 1.82) is 0 Å². The highest BCUT2D eigenvalue weighted by Crippen LogP contribution is 2.28. The van der Waals surface area contributed by atoms with Gasteiger partial charge in [-0.3, -0.25) is 0 Å². The number of hydrogen-bond donors (Lipinski definition) is 9. The fourth-order valence-corrected chi connectivity index (χ4v) is 8.51. The number of methoxy groups -OCH3 is 1. The number of ether oxygens (including phenoxy) is 5. The van der Waals surface area contributed by atoms with Crippen molar-refractivity contribution in [1.82, 2.24) is 0 Å². The van der Waals surface area contributed by atoms with E-state index in [1.807, 2.05) is 31.2 Å². The molecule has 466 valence electrons.